The lowest BCUT2D eigenvalue weighted by Crippen LogP contribution is -2.59. The van der Waals surface area contributed by atoms with Crippen LogP contribution in [-0.2, 0) is 14.3 Å². The van der Waals surface area contributed by atoms with E-state index in [1.54, 1.807) is 7.11 Å². The Kier molecular flexibility index (Phi) is 6.05. The molecule has 1 N–H and O–H groups in total. The number of nitrogens with one attached hydrogen (secondary N) is 1. The van der Waals surface area contributed by atoms with Crippen molar-refractivity contribution in [3.63, 3.8) is 0 Å². The summed E-state index contributed by atoms with van der Waals surface area (Å²) in [6.45, 7) is 7.04. The van der Waals surface area contributed by atoms with Crippen molar-refractivity contribution < 1.29 is 14.3 Å². The van der Waals surface area contributed by atoms with Crippen molar-refractivity contribution in [1.29, 1.82) is 0 Å². The fraction of sp³-hybridized carbons (Fsp3) is 0.923. The maximum Gasteiger partial charge on any atom is 0.255 e. The van der Waals surface area contributed by atoms with Crippen LogP contribution in [0.1, 0.15) is 26.7 Å². The number of halogens is 1. The van der Waals surface area contributed by atoms with Gasteiger partial charge in [0, 0.05) is 20.2 Å². The quantitative estimate of drug-likeness (QED) is 0.818. The van der Waals surface area contributed by atoms with E-state index in [0.717, 1.165) is 25.9 Å². The van der Waals surface area contributed by atoms with Gasteiger partial charge in [0.25, 0.3) is 5.91 Å². The second kappa shape index (κ2) is 6.88. The van der Waals surface area contributed by atoms with Gasteiger partial charge in [-0.3, -0.25) is 4.79 Å². The minimum absolute atomic E-state index is 0. The normalized spacial score (nSPS) is 30.6. The first kappa shape index (κ1) is 16.7. The molecule has 2 heterocycles. The van der Waals surface area contributed by atoms with Crippen LogP contribution in [0.25, 0.3) is 0 Å². The summed E-state index contributed by atoms with van der Waals surface area (Å²) >= 11 is 0. The predicted octanol–water partition coefficient (Wildman–Crippen LogP) is 0.813. The van der Waals surface area contributed by atoms with Gasteiger partial charge in [-0.1, -0.05) is 0 Å². The topological polar surface area (TPSA) is 50.8 Å². The maximum atomic E-state index is 12.7. The number of nitrogens with zero attached hydrogens (tertiary/aromatic N) is 1. The molecule has 2 aliphatic rings. The molecule has 6 heteroatoms. The number of hydrogen-bond acceptors (Lipinski definition) is 4. The first-order valence-electron chi connectivity index (χ1n) is 6.78. The summed E-state index contributed by atoms with van der Waals surface area (Å²) in [6, 6.07) is 0. The summed E-state index contributed by atoms with van der Waals surface area (Å²) in [7, 11) is 1.65. The van der Waals surface area contributed by atoms with E-state index in [0.29, 0.717) is 13.1 Å². The number of carbonyl (C=O) groups excluding carboxylic acids is 1. The molecule has 5 nitrogen and oxygen atoms in total. The molecule has 19 heavy (non-hydrogen) atoms. The van der Waals surface area contributed by atoms with Gasteiger partial charge < -0.3 is 19.7 Å². The first-order chi connectivity index (χ1) is 8.57. The summed E-state index contributed by atoms with van der Waals surface area (Å²) in [6.07, 6.45) is 1.71. The highest BCUT2D eigenvalue weighted by Crippen LogP contribution is 2.26. The van der Waals surface area contributed by atoms with Crippen LogP contribution < -0.4 is 5.32 Å². The molecule has 2 fully saturated rings. The molecule has 0 aromatic rings. The van der Waals surface area contributed by atoms with E-state index in [2.05, 4.69) is 5.32 Å². The molecule has 0 bridgehead atoms. The van der Waals surface area contributed by atoms with Gasteiger partial charge in [-0.15, -0.1) is 12.4 Å². The summed E-state index contributed by atoms with van der Waals surface area (Å²) in [5, 5.41) is 3.27. The van der Waals surface area contributed by atoms with E-state index in [1.165, 1.54) is 0 Å². The Morgan fingerprint density at radius 3 is 2.26 bits per heavy atom. The zero-order chi connectivity index (χ0) is 13.2. The first-order valence-corrected chi connectivity index (χ1v) is 6.78. The van der Waals surface area contributed by atoms with Crippen LogP contribution in [-0.4, -0.2) is 61.9 Å². The van der Waals surface area contributed by atoms with Crippen LogP contribution in [0.3, 0.4) is 0 Å². The number of carbonyl (C=O) groups is 1. The predicted molar refractivity (Wildman–Crippen MR) is 75.7 cm³/mol. The highest BCUT2D eigenvalue weighted by molar-refractivity contribution is 5.86. The Hall–Kier alpha value is -0.360. The summed E-state index contributed by atoms with van der Waals surface area (Å²) in [5.41, 5.74) is -0.623. The third-order valence-electron chi connectivity index (χ3n) is 3.90. The number of morpholine rings is 1. The number of ether oxygens (including phenoxy) is 2. The van der Waals surface area contributed by atoms with Crippen molar-refractivity contribution >= 4 is 18.3 Å². The van der Waals surface area contributed by atoms with Gasteiger partial charge >= 0.3 is 0 Å². The fourth-order valence-corrected chi connectivity index (χ4v) is 2.97. The van der Waals surface area contributed by atoms with Crippen LogP contribution in [0.2, 0.25) is 0 Å². The lowest BCUT2D eigenvalue weighted by molar-refractivity contribution is -0.168. The van der Waals surface area contributed by atoms with E-state index in [1.807, 2.05) is 18.7 Å². The average molecular weight is 293 g/mol. The molecule has 2 atom stereocenters. The van der Waals surface area contributed by atoms with Crippen LogP contribution in [0.5, 0.6) is 0 Å². The second-order valence-corrected chi connectivity index (χ2v) is 5.42. The fourth-order valence-electron chi connectivity index (χ4n) is 2.97. The molecule has 0 aliphatic carbocycles. The molecule has 1 amide bonds. The number of piperidine rings is 1. The molecule has 2 unspecified atom stereocenters. The molecule has 2 rings (SSSR count). The molecule has 0 spiro atoms. The summed E-state index contributed by atoms with van der Waals surface area (Å²) in [5.74, 6) is 0.133. The van der Waals surface area contributed by atoms with E-state index < -0.39 is 5.60 Å². The SMILES string of the molecule is COC1(C(=O)N2CC(C)OC(C)C2)CCNCC1.Cl. The molecule has 0 aromatic carbocycles. The summed E-state index contributed by atoms with van der Waals surface area (Å²) < 4.78 is 11.3. The Morgan fingerprint density at radius 2 is 1.79 bits per heavy atom. The minimum Gasteiger partial charge on any atom is -0.372 e. The minimum atomic E-state index is -0.623. The molecule has 112 valence electrons. The van der Waals surface area contributed by atoms with Crippen molar-refractivity contribution in [2.45, 2.75) is 44.5 Å². The van der Waals surface area contributed by atoms with Gasteiger partial charge in [0.05, 0.1) is 12.2 Å². The van der Waals surface area contributed by atoms with E-state index in [4.69, 9.17) is 9.47 Å². The standard InChI is InChI=1S/C13H24N2O3.ClH/c1-10-8-15(9-11(2)18-10)12(16)13(17-3)4-6-14-7-5-13;/h10-11,14H,4-9H2,1-3H3;1H. The van der Waals surface area contributed by atoms with Crippen molar-refractivity contribution in [3.8, 4) is 0 Å². The number of hydrogen-bond donors (Lipinski definition) is 1. The molecule has 2 saturated heterocycles. The van der Waals surface area contributed by atoms with Gasteiger partial charge in [0.1, 0.15) is 5.60 Å². The van der Waals surface area contributed by atoms with Crippen LogP contribution in [0, 0.1) is 0 Å². The van der Waals surface area contributed by atoms with Crippen molar-refractivity contribution in [1.82, 2.24) is 10.2 Å². The largest absolute Gasteiger partial charge is 0.372 e. The van der Waals surface area contributed by atoms with Crippen molar-refractivity contribution in [3.05, 3.63) is 0 Å². The molecule has 0 radical (unpaired) electrons. The smallest absolute Gasteiger partial charge is 0.255 e. The lowest BCUT2D eigenvalue weighted by Gasteiger charge is -2.42. The zero-order valence-corrected chi connectivity index (χ0v) is 12.8. The monoisotopic (exact) mass is 292 g/mol. The Labute approximate surface area is 121 Å². The van der Waals surface area contributed by atoms with E-state index >= 15 is 0 Å². The maximum absolute atomic E-state index is 12.7. The van der Waals surface area contributed by atoms with Crippen LogP contribution in [0.4, 0.5) is 0 Å². The average Bonchev–Trinajstić information content (AvgIpc) is 2.37. The van der Waals surface area contributed by atoms with Gasteiger partial charge in [0.15, 0.2) is 0 Å². The zero-order valence-electron chi connectivity index (χ0n) is 12.0. The Balaban J connectivity index is 0.00000180. The van der Waals surface area contributed by atoms with Gasteiger partial charge in [-0.2, -0.15) is 0 Å². The Morgan fingerprint density at radius 1 is 1.26 bits per heavy atom. The molecular formula is C13H25ClN2O3. The van der Waals surface area contributed by atoms with Gasteiger partial charge in [-0.25, -0.2) is 0 Å². The van der Waals surface area contributed by atoms with Crippen LogP contribution >= 0.6 is 12.4 Å². The highest BCUT2D eigenvalue weighted by Gasteiger charge is 2.43. The Bertz CT molecular complexity index is 298. The summed E-state index contributed by atoms with van der Waals surface area (Å²) in [4.78, 5) is 14.6. The van der Waals surface area contributed by atoms with Gasteiger partial charge in [-0.05, 0) is 39.8 Å². The molecule has 0 saturated carbocycles. The lowest BCUT2D eigenvalue weighted by atomic mass is 9.90. The molecule has 0 aromatic heterocycles. The number of amides is 1. The third-order valence-corrected chi connectivity index (χ3v) is 3.90. The number of methoxy groups -OCH3 is 1. The van der Waals surface area contributed by atoms with E-state index in [-0.39, 0.29) is 30.5 Å². The molecular weight excluding hydrogens is 268 g/mol. The van der Waals surface area contributed by atoms with Crippen molar-refractivity contribution in [2.24, 2.45) is 0 Å². The van der Waals surface area contributed by atoms with E-state index in [9.17, 15) is 4.79 Å². The second-order valence-electron chi connectivity index (χ2n) is 5.42. The van der Waals surface area contributed by atoms with Crippen LogP contribution in [0.15, 0.2) is 0 Å². The third kappa shape index (κ3) is 3.60. The van der Waals surface area contributed by atoms with Crippen molar-refractivity contribution in [2.75, 3.05) is 33.3 Å². The highest BCUT2D eigenvalue weighted by atomic mass is 35.5. The van der Waals surface area contributed by atoms with Gasteiger partial charge in [0.2, 0.25) is 0 Å². The molecule has 2 aliphatic heterocycles. The number of rotatable bonds is 2.